The molecule has 0 spiro atoms. The van der Waals surface area contributed by atoms with Crippen LogP contribution in [-0.4, -0.2) is 11.0 Å². The van der Waals surface area contributed by atoms with Crippen LogP contribution in [0.5, 0.6) is 0 Å². The van der Waals surface area contributed by atoms with Crippen LogP contribution < -0.4 is 5.32 Å². The Labute approximate surface area is 131 Å². The number of nitrogens with one attached hydrogen (secondary N) is 1. The summed E-state index contributed by atoms with van der Waals surface area (Å²) < 4.78 is 0. The molecule has 0 amide bonds. The fourth-order valence-corrected chi connectivity index (χ4v) is 3.69. The lowest BCUT2D eigenvalue weighted by molar-refractivity contribution is 0.680. The molecule has 2 aromatic rings. The lowest BCUT2D eigenvalue weighted by atomic mass is 10.1. The van der Waals surface area contributed by atoms with Gasteiger partial charge in [-0.15, -0.1) is 11.3 Å². The van der Waals surface area contributed by atoms with Crippen LogP contribution in [0.2, 0.25) is 0 Å². The lowest BCUT2D eigenvalue weighted by Crippen LogP contribution is -2.15. The second-order valence-electron chi connectivity index (χ2n) is 6.21. The monoisotopic (exact) mass is 300 g/mol. The van der Waals surface area contributed by atoms with Gasteiger partial charge in [0.15, 0.2) is 0 Å². The third kappa shape index (κ3) is 4.14. The molecule has 1 N–H and O–H groups in total. The smallest absolute Gasteiger partial charge is 0.0935 e. The van der Waals surface area contributed by atoms with Crippen LogP contribution in [-0.2, 0) is 19.4 Å². The van der Waals surface area contributed by atoms with Gasteiger partial charge in [0.1, 0.15) is 0 Å². The zero-order valence-electron chi connectivity index (χ0n) is 12.9. The molecule has 21 heavy (non-hydrogen) atoms. The summed E-state index contributed by atoms with van der Waals surface area (Å²) in [5, 5.41) is 4.91. The summed E-state index contributed by atoms with van der Waals surface area (Å²) in [6.45, 7) is 5.49. The van der Waals surface area contributed by atoms with Crippen molar-refractivity contribution in [3.8, 4) is 0 Å². The van der Waals surface area contributed by atoms with Crippen molar-refractivity contribution in [2.75, 3.05) is 0 Å². The van der Waals surface area contributed by atoms with Gasteiger partial charge in [-0.1, -0.05) is 44.2 Å². The second-order valence-corrected chi connectivity index (χ2v) is 7.38. The lowest BCUT2D eigenvalue weighted by Gasteiger charge is -2.05. The van der Waals surface area contributed by atoms with E-state index in [1.165, 1.54) is 34.0 Å². The topological polar surface area (TPSA) is 24.9 Å². The Bertz CT molecular complexity index is 570. The molecule has 1 aliphatic carbocycles. The van der Waals surface area contributed by atoms with Gasteiger partial charge in [0.2, 0.25) is 0 Å². The highest BCUT2D eigenvalue weighted by atomic mass is 32.1. The fourth-order valence-electron chi connectivity index (χ4n) is 2.52. The zero-order valence-corrected chi connectivity index (χ0v) is 13.7. The SMILES string of the molecule is CC(C)c1nc(CCc2ccccc2)sc1CNC1CC1. The zero-order chi connectivity index (χ0) is 14.7. The summed E-state index contributed by atoms with van der Waals surface area (Å²) in [6, 6.07) is 11.5. The number of thiazole rings is 1. The van der Waals surface area contributed by atoms with Gasteiger partial charge in [-0.3, -0.25) is 0 Å². The van der Waals surface area contributed by atoms with Crippen molar-refractivity contribution in [2.45, 2.75) is 58.0 Å². The van der Waals surface area contributed by atoms with Crippen LogP contribution in [0.1, 0.15) is 53.7 Å². The normalized spacial score (nSPS) is 14.8. The van der Waals surface area contributed by atoms with Crippen LogP contribution in [0.25, 0.3) is 0 Å². The summed E-state index contributed by atoms with van der Waals surface area (Å²) in [5.74, 6) is 0.516. The average Bonchev–Trinajstić information content (AvgIpc) is 3.23. The van der Waals surface area contributed by atoms with Gasteiger partial charge >= 0.3 is 0 Å². The molecule has 1 aliphatic rings. The Morgan fingerprint density at radius 3 is 2.62 bits per heavy atom. The van der Waals surface area contributed by atoms with Crippen LogP contribution >= 0.6 is 11.3 Å². The Balaban J connectivity index is 1.65. The Kier molecular flexibility index (Phi) is 4.71. The number of rotatable bonds is 7. The third-order valence-corrected chi connectivity index (χ3v) is 5.05. The fraction of sp³-hybridized carbons (Fsp3) is 0.500. The van der Waals surface area contributed by atoms with Crippen molar-refractivity contribution >= 4 is 11.3 Å². The maximum atomic E-state index is 4.90. The predicted octanol–water partition coefficient (Wildman–Crippen LogP) is 4.30. The van der Waals surface area contributed by atoms with Crippen LogP contribution in [0.4, 0.5) is 0 Å². The van der Waals surface area contributed by atoms with Crippen molar-refractivity contribution in [2.24, 2.45) is 0 Å². The molecule has 0 unspecified atom stereocenters. The highest BCUT2D eigenvalue weighted by Crippen LogP contribution is 2.27. The van der Waals surface area contributed by atoms with E-state index in [9.17, 15) is 0 Å². The molecule has 112 valence electrons. The van der Waals surface area contributed by atoms with Crippen molar-refractivity contribution in [3.05, 3.63) is 51.5 Å². The first-order valence-electron chi connectivity index (χ1n) is 7.98. The maximum absolute atomic E-state index is 4.90. The molecule has 3 heteroatoms. The summed E-state index contributed by atoms with van der Waals surface area (Å²) in [6.07, 6.45) is 4.83. The van der Waals surface area contributed by atoms with E-state index in [1.807, 2.05) is 11.3 Å². The van der Waals surface area contributed by atoms with Crippen LogP contribution in [0.3, 0.4) is 0 Å². The number of aryl methyl sites for hydroxylation is 2. The summed E-state index contributed by atoms with van der Waals surface area (Å²) in [5.41, 5.74) is 2.70. The molecule has 1 saturated carbocycles. The molecule has 0 aliphatic heterocycles. The minimum atomic E-state index is 0.516. The number of nitrogens with zero attached hydrogens (tertiary/aromatic N) is 1. The van der Waals surface area contributed by atoms with Gasteiger partial charge in [-0.25, -0.2) is 4.98 Å². The molecule has 3 rings (SSSR count). The van der Waals surface area contributed by atoms with E-state index in [-0.39, 0.29) is 0 Å². The molecule has 1 fully saturated rings. The summed E-state index contributed by atoms with van der Waals surface area (Å²) >= 11 is 1.90. The Morgan fingerprint density at radius 2 is 1.95 bits per heavy atom. The number of hydrogen-bond donors (Lipinski definition) is 1. The van der Waals surface area contributed by atoms with Gasteiger partial charge < -0.3 is 5.32 Å². The molecular weight excluding hydrogens is 276 g/mol. The van der Waals surface area contributed by atoms with Crippen molar-refractivity contribution in [1.29, 1.82) is 0 Å². The molecular formula is C18H24N2S. The van der Waals surface area contributed by atoms with Crippen molar-refractivity contribution < 1.29 is 0 Å². The van der Waals surface area contributed by atoms with E-state index in [1.54, 1.807) is 0 Å². The molecule has 1 aromatic carbocycles. The standard InChI is InChI=1S/C18H24N2S/c1-13(2)18-16(12-19-15-9-10-15)21-17(20-18)11-8-14-6-4-3-5-7-14/h3-7,13,15,19H,8-12H2,1-2H3. The van der Waals surface area contributed by atoms with Gasteiger partial charge in [0.25, 0.3) is 0 Å². The molecule has 0 radical (unpaired) electrons. The summed E-state index contributed by atoms with van der Waals surface area (Å²) in [7, 11) is 0. The number of aromatic nitrogens is 1. The first kappa shape index (κ1) is 14.7. The minimum absolute atomic E-state index is 0.516. The largest absolute Gasteiger partial charge is 0.309 e. The Morgan fingerprint density at radius 1 is 1.19 bits per heavy atom. The van der Waals surface area contributed by atoms with Gasteiger partial charge in [-0.2, -0.15) is 0 Å². The maximum Gasteiger partial charge on any atom is 0.0935 e. The highest BCUT2D eigenvalue weighted by molar-refractivity contribution is 7.11. The first-order valence-corrected chi connectivity index (χ1v) is 8.80. The molecule has 1 heterocycles. The van der Waals surface area contributed by atoms with Crippen molar-refractivity contribution in [1.82, 2.24) is 10.3 Å². The van der Waals surface area contributed by atoms with E-state index in [2.05, 4.69) is 49.5 Å². The van der Waals surface area contributed by atoms with Crippen molar-refractivity contribution in [3.63, 3.8) is 0 Å². The predicted molar refractivity (Wildman–Crippen MR) is 89.9 cm³/mol. The quantitative estimate of drug-likeness (QED) is 0.824. The highest BCUT2D eigenvalue weighted by Gasteiger charge is 2.22. The van der Waals surface area contributed by atoms with Gasteiger partial charge in [0.05, 0.1) is 10.7 Å². The average molecular weight is 300 g/mol. The molecule has 1 aromatic heterocycles. The minimum Gasteiger partial charge on any atom is -0.309 e. The Hall–Kier alpha value is -1.19. The second kappa shape index (κ2) is 6.71. The van der Waals surface area contributed by atoms with Gasteiger partial charge in [0, 0.05) is 23.9 Å². The molecule has 0 bridgehead atoms. The third-order valence-electron chi connectivity index (χ3n) is 3.92. The number of hydrogen-bond acceptors (Lipinski definition) is 3. The van der Waals surface area contributed by atoms with E-state index in [4.69, 9.17) is 4.98 Å². The molecule has 0 atom stereocenters. The molecule has 2 nitrogen and oxygen atoms in total. The van der Waals surface area contributed by atoms with E-state index in [0.29, 0.717) is 5.92 Å². The first-order chi connectivity index (χ1) is 10.2. The van der Waals surface area contributed by atoms with E-state index in [0.717, 1.165) is 25.4 Å². The molecule has 0 saturated heterocycles. The van der Waals surface area contributed by atoms with Crippen LogP contribution in [0.15, 0.2) is 30.3 Å². The number of benzene rings is 1. The van der Waals surface area contributed by atoms with E-state index >= 15 is 0 Å². The van der Waals surface area contributed by atoms with Crippen LogP contribution in [0, 0.1) is 0 Å². The van der Waals surface area contributed by atoms with E-state index < -0.39 is 0 Å². The van der Waals surface area contributed by atoms with Gasteiger partial charge in [-0.05, 0) is 30.7 Å². The summed E-state index contributed by atoms with van der Waals surface area (Å²) in [4.78, 5) is 6.35.